The fourth-order valence-corrected chi connectivity index (χ4v) is 3.37. The summed E-state index contributed by atoms with van der Waals surface area (Å²) >= 11 is 0. The zero-order chi connectivity index (χ0) is 17.3. The average molecular weight is 330 g/mol. The van der Waals surface area contributed by atoms with Crippen LogP contribution in [0.2, 0.25) is 0 Å². The Labute approximate surface area is 145 Å². The smallest absolute Gasteiger partial charge is 0.216 e. The summed E-state index contributed by atoms with van der Waals surface area (Å²) in [7, 11) is 0. The zero-order valence-corrected chi connectivity index (χ0v) is 14.9. The number of nitrogens with one attached hydrogen (secondary N) is 3. The molecule has 24 heavy (non-hydrogen) atoms. The highest BCUT2D eigenvalue weighted by molar-refractivity contribution is 5.80. The number of carbonyl (C=O) groups is 1. The second-order valence-electron chi connectivity index (χ2n) is 6.46. The van der Waals surface area contributed by atoms with E-state index in [-0.39, 0.29) is 11.3 Å². The molecule has 0 heterocycles. The van der Waals surface area contributed by atoms with Gasteiger partial charge in [0.2, 0.25) is 5.91 Å². The molecule has 2 rings (SSSR count). The van der Waals surface area contributed by atoms with Gasteiger partial charge in [-0.25, -0.2) is 0 Å². The van der Waals surface area contributed by atoms with Crippen LogP contribution in [0.25, 0.3) is 0 Å². The maximum Gasteiger partial charge on any atom is 0.216 e. The van der Waals surface area contributed by atoms with E-state index < -0.39 is 0 Å². The first kappa shape index (κ1) is 18.3. The van der Waals surface area contributed by atoms with Gasteiger partial charge in [-0.2, -0.15) is 0 Å². The Hall–Kier alpha value is -2.04. The molecule has 1 aromatic rings. The molecule has 1 fully saturated rings. The van der Waals surface area contributed by atoms with Crippen LogP contribution in [0.3, 0.4) is 0 Å². The van der Waals surface area contributed by atoms with Crippen LogP contribution < -0.4 is 16.0 Å². The van der Waals surface area contributed by atoms with Crippen LogP contribution >= 0.6 is 0 Å². The van der Waals surface area contributed by atoms with Crippen molar-refractivity contribution in [2.45, 2.75) is 44.9 Å². The molecule has 0 aliphatic heterocycles. The van der Waals surface area contributed by atoms with Gasteiger partial charge in [0.1, 0.15) is 0 Å². The highest BCUT2D eigenvalue weighted by atomic mass is 16.1. The Morgan fingerprint density at radius 3 is 2.38 bits per heavy atom. The van der Waals surface area contributed by atoms with E-state index in [1.165, 1.54) is 38.2 Å². The second-order valence-corrected chi connectivity index (χ2v) is 6.46. The first-order valence-corrected chi connectivity index (χ1v) is 8.98. The lowest BCUT2D eigenvalue weighted by Gasteiger charge is -2.28. The first-order chi connectivity index (χ1) is 11.7. The van der Waals surface area contributed by atoms with E-state index in [4.69, 9.17) is 4.99 Å². The maximum absolute atomic E-state index is 10.9. The lowest BCUT2D eigenvalue weighted by Crippen LogP contribution is -2.42. The SMILES string of the molecule is CCNC(=NCC1(c2ccccc2)CCCC1)NCCNC(C)=O. The van der Waals surface area contributed by atoms with E-state index in [1.807, 2.05) is 0 Å². The monoisotopic (exact) mass is 330 g/mol. The van der Waals surface area contributed by atoms with Crippen molar-refractivity contribution in [3.63, 3.8) is 0 Å². The molecule has 3 N–H and O–H groups in total. The topological polar surface area (TPSA) is 65.5 Å². The molecule has 1 saturated carbocycles. The van der Waals surface area contributed by atoms with Crippen molar-refractivity contribution in [2.75, 3.05) is 26.2 Å². The highest BCUT2D eigenvalue weighted by Crippen LogP contribution is 2.41. The molecule has 0 unspecified atom stereocenters. The Morgan fingerprint density at radius 2 is 1.75 bits per heavy atom. The van der Waals surface area contributed by atoms with Crippen LogP contribution in [0.4, 0.5) is 0 Å². The summed E-state index contributed by atoms with van der Waals surface area (Å²) in [6.07, 6.45) is 4.95. The van der Waals surface area contributed by atoms with Crippen molar-refractivity contribution < 1.29 is 4.79 Å². The van der Waals surface area contributed by atoms with Crippen molar-refractivity contribution in [3.8, 4) is 0 Å². The molecule has 0 spiro atoms. The van der Waals surface area contributed by atoms with E-state index in [2.05, 4.69) is 53.2 Å². The number of rotatable bonds is 7. The Balaban J connectivity index is 2.00. The summed E-state index contributed by atoms with van der Waals surface area (Å²) in [6, 6.07) is 10.8. The van der Waals surface area contributed by atoms with Gasteiger partial charge in [0.15, 0.2) is 5.96 Å². The van der Waals surface area contributed by atoms with Gasteiger partial charge in [-0.05, 0) is 25.3 Å². The third kappa shape index (κ3) is 5.25. The summed E-state index contributed by atoms with van der Waals surface area (Å²) in [6.45, 7) is 6.49. The molecular formula is C19H30N4O. The summed E-state index contributed by atoms with van der Waals surface area (Å²) in [5, 5.41) is 9.37. The van der Waals surface area contributed by atoms with E-state index in [0.29, 0.717) is 13.1 Å². The summed E-state index contributed by atoms with van der Waals surface area (Å²) in [4.78, 5) is 15.8. The quantitative estimate of drug-likeness (QED) is 0.408. The highest BCUT2D eigenvalue weighted by Gasteiger charge is 2.35. The summed E-state index contributed by atoms with van der Waals surface area (Å²) < 4.78 is 0. The number of aliphatic imine (C=N–C) groups is 1. The molecule has 0 radical (unpaired) electrons. The number of nitrogens with zero attached hydrogens (tertiary/aromatic N) is 1. The maximum atomic E-state index is 10.9. The molecule has 0 bridgehead atoms. The molecule has 5 heteroatoms. The molecule has 5 nitrogen and oxygen atoms in total. The molecule has 0 saturated heterocycles. The minimum atomic E-state index is -0.00674. The Morgan fingerprint density at radius 1 is 1.08 bits per heavy atom. The molecule has 1 amide bonds. The van der Waals surface area contributed by atoms with Gasteiger partial charge in [0.25, 0.3) is 0 Å². The minimum absolute atomic E-state index is 0.00674. The van der Waals surface area contributed by atoms with Crippen molar-refractivity contribution in [1.29, 1.82) is 0 Å². The van der Waals surface area contributed by atoms with Gasteiger partial charge in [-0.1, -0.05) is 43.2 Å². The molecule has 1 aromatic carbocycles. The fraction of sp³-hybridized carbons (Fsp3) is 0.579. The Bertz CT molecular complexity index is 536. The van der Waals surface area contributed by atoms with Crippen molar-refractivity contribution in [3.05, 3.63) is 35.9 Å². The molecule has 1 aliphatic rings. The van der Waals surface area contributed by atoms with Gasteiger partial charge in [0.05, 0.1) is 6.54 Å². The van der Waals surface area contributed by atoms with E-state index >= 15 is 0 Å². The molecule has 132 valence electrons. The van der Waals surface area contributed by atoms with E-state index in [1.54, 1.807) is 0 Å². The van der Waals surface area contributed by atoms with Gasteiger partial charge in [-0.3, -0.25) is 9.79 Å². The van der Waals surface area contributed by atoms with Crippen LogP contribution in [0, 0.1) is 0 Å². The van der Waals surface area contributed by atoms with Gasteiger partial charge >= 0.3 is 0 Å². The predicted molar refractivity (Wildman–Crippen MR) is 99.3 cm³/mol. The van der Waals surface area contributed by atoms with Crippen LogP contribution in [-0.4, -0.2) is 38.0 Å². The summed E-state index contributed by atoms with van der Waals surface area (Å²) in [5.41, 5.74) is 1.57. The standard InChI is InChI=1S/C19H30N4O/c1-3-20-18(22-14-13-21-16(2)24)23-15-19(11-7-8-12-19)17-9-5-4-6-10-17/h4-6,9-10H,3,7-8,11-15H2,1-2H3,(H,21,24)(H2,20,22,23). The second kappa shape index (κ2) is 9.30. The minimum Gasteiger partial charge on any atom is -0.357 e. The molecule has 1 aliphatic carbocycles. The first-order valence-electron chi connectivity index (χ1n) is 8.98. The normalized spacial score (nSPS) is 16.7. The van der Waals surface area contributed by atoms with E-state index in [0.717, 1.165) is 19.0 Å². The third-order valence-corrected chi connectivity index (χ3v) is 4.62. The Kier molecular flexibility index (Phi) is 7.09. The summed E-state index contributed by atoms with van der Waals surface area (Å²) in [5.74, 6) is 0.817. The number of amides is 1. The average Bonchev–Trinajstić information content (AvgIpc) is 3.07. The van der Waals surface area contributed by atoms with Gasteiger partial charge in [-0.15, -0.1) is 0 Å². The molecular weight excluding hydrogens is 300 g/mol. The van der Waals surface area contributed by atoms with Crippen LogP contribution in [0.15, 0.2) is 35.3 Å². The van der Waals surface area contributed by atoms with Crippen LogP contribution in [0.1, 0.15) is 45.1 Å². The van der Waals surface area contributed by atoms with Gasteiger partial charge in [0, 0.05) is 32.0 Å². The third-order valence-electron chi connectivity index (χ3n) is 4.62. The van der Waals surface area contributed by atoms with Gasteiger partial charge < -0.3 is 16.0 Å². The fourth-order valence-electron chi connectivity index (χ4n) is 3.37. The van der Waals surface area contributed by atoms with Crippen molar-refractivity contribution in [2.24, 2.45) is 4.99 Å². The van der Waals surface area contributed by atoms with E-state index in [9.17, 15) is 4.79 Å². The number of hydrogen-bond acceptors (Lipinski definition) is 2. The predicted octanol–water partition coefficient (Wildman–Crippen LogP) is 2.19. The molecule has 0 atom stereocenters. The van der Waals surface area contributed by atoms with Crippen LogP contribution in [-0.2, 0) is 10.2 Å². The lowest BCUT2D eigenvalue weighted by molar-refractivity contribution is -0.118. The largest absolute Gasteiger partial charge is 0.357 e. The van der Waals surface area contributed by atoms with Crippen molar-refractivity contribution in [1.82, 2.24) is 16.0 Å². The number of carbonyl (C=O) groups excluding carboxylic acids is 1. The zero-order valence-electron chi connectivity index (χ0n) is 14.9. The van der Waals surface area contributed by atoms with Crippen molar-refractivity contribution >= 4 is 11.9 Å². The molecule has 0 aromatic heterocycles. The lowest BCUT2D eigenvalue weighted by atomic mass is 9.79. The van der Waals surface area contributed by atoms with Crippen LogP contribution in [0.5, 0.6) is 0 Å². The number of hydrogen-bond donors (Lipinski definition) is 3. The number of benzene rings is 1. The number of guanidine groups is 1.